The molecule has 0 spiro atoms. The van der Waals surface area contributed by atoms with Crippen LogP contribution in [-0.2, 0) is 4.89 Å². The van der Waals surface area contributed by atoms with Gasteiger partial charge in [-0.1, -0.05) is 12.8 Å². The zero-order chi connectivity index (χ0) is 8.27. The van der Waals surface area contributed by atoms with E-state index in [0.29, 0.717) is 5.66 Å². The Bertz CT molecular complexity index is 117. The van der Waals surface area contributed by atoms with E-state index < -0.39 is 0 Å². The van der Waals surface area contributed by atoms with Crippen molar-refractivity contribution in [3.8, 4) is 0 Å². The SMILES string of the molecule is CP(C)C1CCCCC1OO. The van der Waals surface area contributed by atoms with E-state index in [0.717, 1.165) is 6.42 Å². The first-order valence-electron chi connectivity index (χ1n) is 4.22. The van der Waals surface area contributed by atoms with Crippen LogP contribution in [0.5, 0.6) is 0 Å². The largest absolute Gasteiger partial charge is 0.252 e. The molecule has 11 heavy (non-hydrogen) atoms. The fourth-order valence-corrected chi connectivity index (χ4v) is 3.36. The molecule has 0 radical (unpaired) electrons. The van der Waals surface area contributed by atoms with Gasteiger partial charge in [0, 0.05) is 5.66 Å². The predicted molar refractivity (Wildman–Crippen MR) is 48.5 cm³/mol. The summed E-state index contributed by atoms with van der Waals surface area (Å²) in [5, 5.41) is 8.62. The lowest BCUT2D eigenvalue weighted by Crippen LogP contribution is -2.29. The summed E-state index contributed by atoms with van der Waals surface area (Å²) in [7, 11) is 0.0512. The van der Waals surface area contributed by atoms with E-state index in [2.05, 4.69) is 18.2 Å². The minimum Gasteiger partial charge on any atom is -0.252 e. The Balaban J connectivity index is 2.44. The molecule has 0 heterocycles. The predicted octanol–water partition coefficient (Wildman–Crippen LogP) is 2.53. The van der Waals surface area contributed by atoms with Crippen molar-refractivity contribution in [1.82, 2.24) is 0 Å². The average molecular weight is 176 g/mol. The number of hydrogen-bond acceptors (Lipinski definition) is 2. The second kappa shape index (κ2) is 4.39. The van der Waals surface area contributed by atoms with Crippen LogP contribution in [0.3, 0.4) is 0 Å². The first-order chi connectivity index (χ1) is 5.25. The first kappa shape index (κ1) is 9.44. The van der Waals surface area contributed by atoms with Crippen LogP contribution in [-0.4, -0.2) is 30.3 Å². The minimum absolute atomic E-state index is 0.0512. The van der Waals surface area contributed by atoms with Crippen molar-refractivity contribution in [2.45, 2.75) is 37.4 Å². The van der Waals surface area contributed by atoms with E-state index in [1.165, 1.54) is 19.3 Å². The van der Waals surface area contributed by atoms with E-state index in [9.17, 15) is 0 Å². The Kier molecular flexibility index (Phi) is 3.77. The van der Waals surface area contributed by atoms with Gasteiger partial charge in [0.05, 0.1) is 6.10 Å². The smallest absolute Gasteiger partial charge is 0.0994 e. The molecule has 0 aromatic carbocycles. The summed E-state index contributed by atoms with van der Waals surface area (Å²) in [6.45, 7) is 4.52. The van der Waals surface area contributed by atoms with Crippen LogP contribution in [0.1, 0.15) is 25.7 Å². The third-order valence-electron chi connectivity index (χ3n) is 2.47. The van der Waals surface area contributed by atoms with Gasteiger partial charge >= 0.3 is 0 Å². The Hall–Kier alpha value is 0.350. The monoisotopic (exact) mass is 176 g/mol. The zero-order valence-corrected chi connectivity index (χ0v) is 8.18. The third kappa shape index (κ3) is 2.40. The summed E-state index contributed by atoms with van der Waals surface area (Å²) in [5.74, 6) is 0. The maximum Gasteiger partial charge on any atom is 0.0994 e. The van der Waals surface area contributed by atoms with Gasteiger partial charge in [0.2, 0.25) is 0 Å². The standard InChI is InChI=1S/C8H17O2P/c1-11(2)8-6-4-3-5-7(8)10-9/h7-9H,3-6H2,1-2H3. The summed E-state index contributed by atoms with van der Waals surface area (Å²) < 4.78 is 0. The van der Waals surface area contributed by atoms with Crippen LogP contribution >= 0.6 is 7.92 Å². The van der Waals surface area contributed by atoms with Gasteiger partial charge in [-0.2, -0.15) is 0 Å². The van der Waals surface area contributed by atoms with Gasteiger partial charge in [-0.25, -0.2) is 4.89 Å². The molecule has 66 valence electrons. The van der Waals surface area contributed by atoms with Crippen LogP contribution in [0.15, 0.2) is 0 Å². The molecule has 2 unspecified atom stereocenters. The van der Waals surface area contributed by atoms with Gasteiger partial charge in [0.25, 0.3) is 0 Å². The van der Waals surface area contributed by atoms with Crippen LogP contribution in [0.2, 0.25) is 0 Å². The summed E-state index contributed by atoms with van der Waals surface area (Å²) in [6, 6.07) is 0. The molecule has 1 saturated carbocycles. The number of hydrogen-bond donors (Lipinski definition) is 1. The molecule has 2 nitrogen and oxygen atoms in total. The maximum atomic E-state index is 8.62. The van der Waals surface area contributed by atoms with E-state index >= 15 is 0 Å². The van der Waals surface area contributed by atoms with E-state index in [1.807, 2.05) is 0 Å². The van der Waals surface area contributed by atoms with E-state index in [4.69, 9.17) is 5.26 Å². The molecule has 0 bridgehead atoms. The second-order valence-corrected chi connectivity index (χ2v) is 6.05. The maximum absolute atomic E-state index is 8.62. The van der Waals surface area contributed by atoms with Crippen LogP contribution in [0.25, 0.3) is 0 Å². The van der Waals surface area contributed by atoms with Crippen molar-refractivity contribution in [2.75, 3.05) is 13.3 Å². The summed E-state index contributed by atoms with van der Waals surface area (Å²) in [5.41, 5.74) is 0.628. The lowest BCUT2D eigenvalue weighted by atomic mass is 9.97. The summed E-state index contributed by atoms with van der Waals surface area (Å²) in [4.78, 5) is 4.48. The molecule has 1 aliphatic rings. The fourth-order valence-electron chi connectivity index (χ4n) is 1.79. The van der Waals surface area contributed by atoms with Crippen molar-refractivity contribution in [3.05, 3.63) is 0 Å². The fraction of sp³-hybridized carbons (Fsp3) is 1.00. The number of rotatable bonds is 2. The second-order valence-electron chi connectivity index (χ2n) is 3.46. The van der Waals surface area contributed by atoms with Gasteiger partial charge < -0.3 is 0 Å². The Morgan fingerprint density at radius 3 is 2.36 bits per heavy atom. The molecule has 1 fully saturated rings. The molecular weight excluding hydrogens is 159 g/mol. The lowest BCUT2D eigenvalue weighted by molar-refractivity contribution is -0.282. The van der Waals surface area contributed by atoms with Gasteiger partial charge in [-0.15, -0.1) is 7.92 Å². The van der Waals surface area contributed by atoms with Crippen LogP contribution in [0, 0.1) is 0 Å². The molecule has 0 aromatic rings. The van der Waals surface area contributed by atoms with Crippen molar-refractivity contribution in [2.24, 2.45) is 0 Å². The minimum atomic E-state index is 0.0512. The summed E-state index contributed by atoms with van der Waals surface area (Å²) >= 11 is 0. The quantitative estimate of drug-likeness (QED) is 0.398. The Morgan fingerprint density at radius 2 is 1.91 bits per heavy atom. The topological polar surface area (TPSA) is 29.5 Å². The highest BCUT2D eigenvalue weighted by Crippen LogP contribution is 2.42. The van der Waals surface area contributed by atoms with Gasteiger partial charge in [0.15, 0.2) is 0 Å². The molecule has 0 amide bonds. The van der Waals surface area contributed by atoms with Crippen molar-refractivity contribution >= 4 is 7.92 Å². The summed E-state index contributed by atoms with van der Waals surface area (Å²) in [6.07, 6.45) is 4.94. The molecule has 2 atom stereocenters. The van der Waals surface area contributed by atoms with Crippen molar-refractivity contribution in [3.63, 3.8) is 0 Å². The van der Waals surface area contributed by atoms with E-state index in [-0.39, 0.29) is 14.0 Å². The normalized spacial score (nSPS) is 32.7. The van der Waals surface area contributed by atoms with Crippen molar-refractivity contribution < 1.29 is 10.1 Å². The highest BCUT2D eigenvalue weighted by molar-refractivity contribution is 7.56. The molecule has 0 aromatic heterocycles. The molecule has 0 aliphatic heterocycles. The molecule has 0 saturated heterocycles. The Morgan fingerprint density at radius 1 is 1.27 bits per heavy atom. The molecule has 1 rings (SSSR count). The van der Waals surface area contributed by atoms with Gasteiger partial charge in [0.1, 0.15) is 0 Å². The van der Waals surface area contributed by atoms with Crippen LogP contribution < -0.4 is 0 Å². The molecule has 3 heteroatoms. The van der Waals surface area contributed by atoms with Crippen molar-refractivity contribution in [1.29, 1.82) is 0 Å². The average Bonchev–Trinajstić information content (AvgIpc) is 2.04. The lowest BCUT2D eigenvalue weighted by Gasteiger charge is -2.31. The molecule has 1 N–H and O–H groups in total. The third-order valence-corrected chi connectivity index (χ3v) is 4.38. The van der Waals surface area contributed by atoms with Crippen LogP contribution in [0.4, 0.5) is 0 Å². The Labute approximate surface area is 69.6 Å². The highest BCUT2D eigenvalue weighted by atomic mass is 31.1. The zero-order valence-electron chi connectivity index (χ0n) is 7.29. The van der Waals surface area contributed by atoms with E-state index in [1.54, 1.807) is 0 Å². The van der Waals surface area contributed by atoms with Gasteiger partial charge in [-0.05, 0) is 26.2 Å². The first-order valence-corrected chi connectivity index (χ1v) is 6.53. The molecule has 1 aliphatic carbocycles. The molecular formula is C8H17O2P. The highest BCUT2D eigenvalue weighted by Gasteiger charge is 2.28. The van der Waals surface area contributed by atoms with Gasteiger partial charge in [-0.3, -0.25) is 5.26 Å².